The van der Waals surface area contributed by atoms with Crippen LogP contribution < -0.4 is 10.2 Å². The van der Waals surface area contributed by atoms with Crippen molar-refractivity contribution < 1.29 is 18.8 Å². The van der Waals surface area contributed by atoms with Crippen molar-refractivity contribution in [2.75, 3.05) is 37.0 Å². The third-order valence-corrected chi connectivity index (χ3v) is 4.48. The lowest BCUT2D eigenvalue weighted by Gasteiger charge is -2.29. The molecule has 8 heteroatoms. The van der Waals surface area contributed by atoms with Crippen LogP contribution >= 0.6 is 0 Å². The molecule has 2 aromatic rings. The number of halogens is 1. The quantitative estimate of drug-likeness (QED) is 0.477. The smallest absolute Gasteiger partial charge is 0.293 e. The first kappa shape index (κ1) is 18.8. The molecule has 0 spiro atoms. The Morgan fingerprint density at radius 3 is 2.93 bits per heavy atom. The van der Waals surface area contributed by atoms with E-state index in [-0.39, 0.29) is 16.9 Å². The zero-order chi connectivity index (χ0) is 19.4. The van der Waals surface area contributed by atoms with E-state index in [0.717, 1.165) is 5.56 Å². The number of nitrogens with zero attached hydrogens (tertiary/aromatic N) is 2. The standard InChI is InChI=1S/C19H20FN3O4/c1-27-11-9-21-16-8-7-14(12-17(16)23(25)26)19(24)22-10-3-5-13-4-2-6-15(20)18(13)22/h2,4,6-8,12,21H,3,5,9-11H2,1H3. The number of nitro benzene ring substituents is 1. The molecule has 1 aliphatic heterocycles. The van der Waals surface area contributed by atoms with Crippen molar-refractivity contribution in [3.8, 4) is 0 Å². The molecule has 0 aliphatic carbocycles. The molecular formula is C19H20FN3O4. The van der Waals surface area contributed by atoms with Crippen molar-refractivity contribution in [3.63, 3.8) is 0 Å². The molecule has 0 radical (unpaired) electrons. The van der Waals surface area contributed by atoms with E-state index >= 15 is 0 Å². The normalized spacial score (nSPS) is 13.2. The highest BCUT2D eigenvalue weighted by atomic mass is 19.1. The third kappa shape index (κ3) is 3.90. The van der Waals surface area contributed by atoms with E-state index < -0.39 is 16.6 Å². The van der Waals surface area contributed by atoms with Crippen LogP contribution in [0.25, 0.3) is 0 Å². The number of fused-ring (bicyclic) bond motifs is 1. The Labute approximate surface area is 155 Å². The molecule has 1 aliphatic rings. The largest absolute Gasteiger partial charge is 0.383 e. The Bertz CT molecular complexity index is 872. The van der Waals surface area contributed by atoms with Gasteiger partial charge in [0.1, 0.15) is 11.5 Å². The van der Waals surface area contributed by atoms with Crippen LogP contribution in [-0.4, -0.2) is 37.6 Å². The van der Waals surface area contributed by atoms with Gasteiger partial charge in [-0.05, 0) is 36.6 Å². The second-order valence-corrected chi connectivity index (χ2v) is 6.22. The summed E-state index contributed by atoms with van der Waals surface area (Å²) < 4.78 is 19.2. The number of rotatable bonds is 6. The van der Waals surface area contributed by atoms with Crippen molar-refractivity contribution in [2.24, 2.45) is 0 Å². The highest BCUT2D eigenvalue weighted by Gasteiger charge is 2.28. The molecule has 0 saturated carbocycles. The summed E-state index contributed by atoms with van der Waals surface area (Å²) >= 11 is 0. The second-order valence-electron chi connectivity index (χ2n) is 6.22. The number of para-hydroxylation sites is 1. The van der Waals surface area contributed by atoms with Gasteiger partial charge in [-0.1, -0.05) is 12.1 Å². The molecule has 1 amide bonds. The lowest BCUT2D eigenvalue weighted by atomic mass is 10.00. The Morgan fingerprint density at radius 1 is 1.37 bits per heavy atom. The summed E-state index contributed by atoms with van der Waals surface area (Å²) in [5.41, 5.74) is 1.28. The van der Waals surface area contributed by atoms with Crippen molar-refractivity contribution in [1.82, 2.24) is 0 Å². The summed E-state index contributed by atoms with van der Waals surface area (Å²) in [4.78, 5) is 25.2. The zero-order valence-corrected chi connectivity index (χ0v) is 14.9. The maximum Gasteiger partial charge on any atom is 0.293 e. The van der Waals surface area contributed by atoms with E-state index in [9.17, 15) is 19.3 Å². The van der Waals surface area contributed by atoms with E-state index in [1.807, 2.05) is 0 Å². The number of nitro groups is 1. The zero-order valence-electron chi connectivity index (χ0n) is 14.9. The first-order valence-electron chi connectivity index (χ1n) is 8.63. The van der Waals surface area contributed by atoms with E-state index in [1.165, 1.54) is 36.3 Å². The summed E-state index contributed by atoms with van der Waals surface area (Å²) in [6, 6.07) is 8.96. The van der Waals surface area contributed by atoms with E-state index in [0.29, 0.717) is 38.2 Å². The fourth-order valence-corrected chi connectivity index (χ4v) is 3.22. The molecule has 1 heterocycles. The minimum atomic E-state index is -0.545. The maximum absolute atomic E-state index is 14.3. The van der Waals surface area contributed by atoms with Crippen molar-refractivity contribution >= 4 is 23.0 Å². The molecule has 7 nitrogen and oxygen atoms in total. The van der Waals surface area contributed by atoms with Crippen LogP contribution in [0.2, 0.25) is 0 Å². The Balaban J connectivity index is 1.92. The number of hydrogen-bond acceptors (Lipinski definition) is 5. The lowest BCUT2D eigenvalue weighted by Crippen LogP contribution is -2.36. The molecule has 27 heavy (non-hydrogen) atoms. The minimum Gasteiger partial charge on any atom is -0.383 e. The molecule has 0 bridgehead atoms. The molecule has 1 N–H and O–H groups in total. The monoisotopic (exact) mass is 373 g/mol. The first-order chi connectivity index (χ1) is 13.0. The first-order valence-corrected chi connectivity index (χ1v) is 8.63. The van der Waals surface area contributed by atoms with Gasteiger partial charge in [-0.2, -0.15) is 0 Å². The summed E-state index contributed by atoms with van der Waals surface area (Å²) in [5, 5.41) is 14.3. The number of ether oxygens (including phenoxy) is 1. The van der Waals surface area contributed by atoms with Crippen LogP contribution in [0.5, 0.6) is 0 Å². The molecule has 2 aromatic carbocycles. The van der Waals surface area contributed by atoms with Gasteiger partial charge in [-0.25, -0.2) is 4.39 Å². The average molecular weight is 373 g/mol. The van der Waals surface area contributed by atoms with Gasteiger partial charge in [-0.3, -0.25) is 14.9 Å². The van der Waals surface area contributed by atoms with Gasteiger partial charge >= 0.3 is 0 Å². The van der Waals surface area contributed by atoms with Gasteiger partial charge in [0.2, 0.25) is 0 Å². The molecule has 0 fully saturated rings. The minimum absolute atomic E-state index is 0.148. The predicted molar refractivity (Wildman–Crippen MR) is 99.9 cm³/mol. The fraction of sp³-hybridized carbons (Fsp3) is 0.316. The van der Waals surface area contributed by atoms with Crippen LogP contribution in [0, 0.1) is 15.9 Å². The summed E-state index contributed by atoms with van der Waals surface area (Å²) in [6.45, 7) is 1.16. The number of anilines is 2. The van der Waals surface area contributed by atoms with Crippen LogP contribution in [0.1, 0.15) is 22.3 Å². The fourth-order valence-electron chi connectivity index (χ4n) is 3.22. The number of amides is 1. The van der Waals surface area contributed by atoms with Gasteiger partial charge in [0.15, 0.2) is 0 Å². The number of methoxy groups -OCH3 is 1. The number of aryl methyl sites for hydroxylation is 1. The topological polar surface area (TPSA) is 84.7 Å². The number of benzene rings is 2. The highest BCUT2D eigenvalue weighted by Crippen LogP contribution is 2.32. The summed E-state index contributed by atoms with van der Waals surface area (Å²) in [5.74, 6) is -0.916. The van der Waals surface area contributed by atoms with E-state index in [2.05, 4.69) is 5.32 Å². The Hall–Kier alpha value is -3.00. The lowest BCUT2D eigenvalue weighted by molar-refractivity contribution is -0.384. The number of carbonyl (C=O) groups is 1. The Morgan fingerprint density at radius 2 is 2.19 bits per heavy atom. The molecule has 0 atom stereocenters. The van der Waals surface area contributed by atoms with E-state index in [4.69, 9.17) is 4.74 Å². The SMILES string of the molecule is COCCNc1ccc(C(=O)N2CCCc3cccc(F)c32)cc1[N+](=O)[O-]. The highest BCUT2D eigenvalue weighted by molar-refractivity contribution is 6.07. The predicted octanol–water partition coefficient (Wildman–Crippen LogP) is 3.39. The molecular weight excluding hydrogens is 353 g/mol. The summed E-state index contributed by atoms with van der Waals surface area (Å²) in [6.07, 6.45) is 1.40. The van der Waals surface area contributed by atoms with E-state index in [1.54, 1.807) is 12.1 Å². The second kappa shape index (κ2) is 8.13. The van der Waals surface area contributed by atoms with Gasteiger partial charge in [0, 0.05) is 31.8 Å². The Kier molecular flexibility index (Phi) is 5.66. The third-order valence-electron chi connectivity index (χ3n) is 4.48. The maximum atomic E-state index is 14.3. The average Bonchev–Trinajstić information content (AvgIpc) is 2.67. The van der Waals surface area contributed by atoms with Crippen LogP contribution in [-0.2, 0) is 11.2 Å². The van der Waals surface area contributed by atoms with Gasteiger partial charge in [0.05, 0.1) is 17.2 Å². The number of carbonyl (C=O) groups excluding carboxylic acids is 1. The molecule has 142 valence electrons. The summed E-state index contributed by atoms with van der Waals surface area (Å²) in [7, 11) is 1.54. The number of hydrogen-bond donors (Lipinski definition) is 1. The van der Waals surface area contributed by atoms with Gasteiger partial charge in [-0.15, -0.1) is 0 Å². The molecule has 3 rings (SSSR count). The molecule has 0 aromatic heterocycles. The van der Waals surface area contributed by atoms with Crippen LogP contribution in [0.15, 0.2) is 36.4 Å². The van der Waals surface area contributed by atoms with Crippen molar-refractivity contribution in [2.45, 2.75) is 12.8 Å². The van der Waals surface area contributed by atoms with Gasteiger partial charge < -0.3 is 15.0 Å². The van der Waals surface area contributed by atoms with Gasteiger partial charge in [0.25, 0.3) is 11.6 Å². The van der Waals surface area contributed by atoms with Crippen molar-refractivity contribution in [1.29, 1.82) is 0 Å². The van der Waals surface area contributed by atoms with Crippen molar-refractivity contribution in [3.05, 3.63) is 63.5 Å². The molecule has 0 saturated heterocycles. The van der Waals surface area contributed by atoms with Crippen LogP contribution in [0.3, 0.4) is 0 Å². The number of nitrogens with one attached hydrogen (secondary N) is 1. The molecule has 0 unspecified atom stereocenters. The van der Waals surface area contributed by atoms with Crippen LogP contribution in [0.4, 0.5) is 21.5 Å².